The topological polar surface area (TPSA) is 54.0 Å². The van der Waals surface area contributed by atoms with E-state index in [4.69, 9.17) is 0 Å². The van der Waals surface area contributed by atoms with Crippen molar-refractivity contribution in [1.82, 2.24) is 15.6 Å². The Kier molecular flexibility index (Phi) is 5.07. The van der Waals surface area contributed by atoms with E-state index >= 15 is 0 Å². The molecule has 24 heavy (non-hydrogen) atoms. The van der Waals surface area contributed by atoms with Crippen molar-refractivity contribution in [2.75, 3.05) is 6.54 Å². The second kappa shape index (κ2) is 6.58. The summed E-state index contributed by atoms with van der Waals surface area (Å²) in [5, 5.41) is 5.21. The van der Waals surface area contributed by atoms with Crippen LogP contribution in [-0.4, -0.2) is 23.5 Å². The van der Waals surface area contributed by atoms with Gasteiger partial charge in [0.15, 0.2) is 0 Å². The molecular weight excluding hydrogens is 340 g/mol. The van der Waals surface area contributed by atoms with Crippen LogP contribution < -0.4 is 10.6 Å². The molecule has 1 aliphatic heterocycles. The summed E-state index contributed by atoms with van der Waals surface area (Å²) in [6, 6.07) is -0.524. The number of alkyl halides is 6. The first kappa shape index (κ1) is 18.5. The number of halogens is 6. The third kappa shape index (κ3) is 4.16. The Bertz CT molecular complexity index is 620. The Morgan fingerprint density at radius 1 is 1.29 bits per heavy atom. The molecule has 1 aromatic rings. The molecule has 2 rings (SSSR count). The number of amides is 1. The molecule has 1 fully saturated rings. The van der Waals surface area contributed by atoms with Crippen LogP contribution in [0.5, 0.6) is 0 Å². The SMILES string of the molecule is Cc1nc(C(F)(F)F)cc(C(F)(F)F)c1CNC(=O)[C@@H]1CCCN1. The van der Waals surface area contributed by atoms with E-state index in [-0.39, 0.29) is 6.07 Å². The predicted molar refractivity (Wildman–Crippen MR) is 71.8 cm³/mol. The van der Waals surface area contributed by atoms with Gasteiger partial charge in [-0.3, -0.25) is 4.79 Å². The summed E-state index contributed by atoms with van der Waals surface area (Å²) >= 11 is 0. The van der Waals surface area contributed by atoms with Gasteiger partial charge in [-0.2, -0.15) is 26.3 Å². The van der Waals surface area contributed by atoms with Gasteiger partial charge in [-0.05, 0) is 32.4 Å². The van der Waals surface area contributed by atoms with Crippen molar-refractivity contribution < 1.29 is 31.1 Å². The van der Waals surface area contributed by atoms with Gasteiger partial charge in [0.1, 0.15) is 5.69 Å². The van der Waals surface area contributed by atoms with Gasteiger partial charge in [0, 0.05) is 17.8 Å². The summed E-state index contributed by atoms with van der Waals surface area (Å²) in [4.78, 5) is 15.1. The van der Waals surface area contributed by atoms with Crippen LogP contribution in [-0.2, 0) is 23.7 Å². The average Bonchev–Trinajstić information content (AvgIpc) is 2.97. The normalized spacial score (nSPS) is 18.7. The third-order valence-corrected chi connectivity index (χ3v) is 3.74. The van der Waals surface area contributed by atoms with E-state index in [1.807, 2.05) is 0 Å². The number of nitrogens with zero attached hydrogens (tertiary/aromatic N) is 1. The van der Waals surface area contributed by atoms with Crippen molar-refractivity contribution in [1.29, 1.82) is 0 Å². The van der Waals surface area contributed by atoms with E-state index in [2.05, 4.69) is 15.6 Å². The molecule has 4 nitrogen and oxygen atoms in total. The lowest BCUT2D eigenvalue weighted by Crippen LogP contribution is -2.40. The monoisotopic (exact) mass is 355 g/mol. The van der Waals surface area contributed by atoms with Gasteiger partial charge >= 0.3 is 12.4 Å². The smallest absolute Gasteiger partial charge is 0.351 e. The Balaban J connectivity index is 2.29. The van der Waals surface area contributed by atoms with Crippen molar-refractivity contribution in [3.8, 4) is 0 Å². The third-order valence-electron chi connectivity index (χ3n) is 3.74. The van der Waals surface area contributed by atoms with Crippen molar-refractivity contribution >= 4 is 5.91 Å². The number of aryl methyl sites for hydroxylation is 1. The van der Waals surface area contributed by atoms with Crippen molar-refractivity contribution in [3.05, 3.63) is 28.6 Å². The van der Waals surface area contributed by atoms with Crippen LogP contribution in [0.25, 0.3) is 0 Å². The van der Waals surface area contributed by atoms with Crippen LogP contribution in [0.4, 0.5) is 26.3 Å². The number of aromatic nitrogens is 1. The van der Waals surface area contributed by atoms with Crippen LogP contribution in [0.2, 0.25) is 0 Å². The highest BCUT2D eigenvalue weighted by Gasteiger charge is 2.40. The molecule has 2 heterocycles. The second-order valence-electron chi connectivity index (χ2n) is 5.48. The maximum atomic E-state index is 13.1. The lowest BCUT2D eigenvalue weighted by Gasteiger charge is -2.19. The molecule has 0 spiro atoms. The molecule has 0 aromatic carbocycles. The molecule has 134 valence electrons. The predicted octanol–water partition coefficient (Wildman–Crippen LogP) is 2.80. The van der Waals surface area contributed by atoms with E-state index in [1.165, 1.54) is 0 Å². The number of carbonyl (C=O) groups is 1. The van der Waals surface area contributed by atoms with Gasteiger partial charge < -0.3 is 10.6 Å². The summed E-state index contributed by atoms with van der Waals surface area (Å²) < 4.78 is 77.3. The molecule has 1 amide bonds. The van der Waals surface area contributed by atoms with Crippen LogP contribution in [0, 0.1) is 6.92 Å². The van der Waals surface area contributed by atoms with E-state index in [0.29, 0.717) is 13.0 Å². The van der Waals surface area contributed by atoms with Gasteiger partial charge in [-0.1, -0.05) is 0 Å². The molecule has 0 bridgehead atoms. The quantitative estimate of drug-likeness (QED) is 0.820. The molecule has 1 atom stereocenters. The minimum Gasteiger partial charge on any atom is -0.351 e. The maximum absolute atomic E-state index is 13.1. The molecule has 1 aromatic heterocycles. The zero-order valence-corrected chi connectivity index (χ0v) is 12.6. The summed E-state index contributed by atoms with van der Waals surface area (Å²) in [7, 11) is 0. The van der Waals surface area contributed by atoms with E-state index in [0.717, 1.165) is 13.3 Å². The number of hydrogen-bond acceptors (Lipinski definition) is 3. The number of pyridine rings is 1. The lowest BCUT2D eigenvalue weighted by molar-refractivity contribution is -0.146. The van der Waals surface area contributed by atoms with E-state index < -0.39 is 53.4 Å². The van der Waals surface area contributed by atoms with Crippen LogP contribution in [0.3, 0.4) is 0 Å². The van der Waals surface area contributed by atoms with Gasteiger partial charge in [-0.25, -0.2) is 4.98 Å². The van der Waals surface area contributed by atoms with E-state index in [9.17, 15) is 31.1 Å². The first-order chi connectivity index (χ1) is 11.0. The van der Waals surface area contributed by atoms with E-state index in [1.54, 1.807) is 0 Å². The fraction of sp³-hybridized carbons (Fsp3) is 0.571. The van der Waals surface area contributed by atoms with Crippen LogP contribution in [0.1, 0.15) is 35.4 Å². The van der Waals surface area contributed by atoms with Crippen molar-refractivity contribution in [2.24, 2.45) is 0 Å². The maximum Gasteiger partial charge on any atom is 0.433 e. The Labute approximate surface area is 133 Å². The summed E-state index contributed by atoms with van der Waals surface area (Å²) in [5.41, 5.74) is -3.94. The Morgan fingerprint density at radius 2 is 1.96 bits per heavy atom. The summed E-state index contributed by atoms with van der Waals surface area (Å²) in [6.07, 6.45) is -8.64. The molecule has 0 radical (unpaired) electrons. The molecule has 10 heteroatoms. The number of hydrogen-bond donors (Lipinski definition) is 2. The molecule has 0 saturated carbocycles. The fourth-order valence-electron chi connectivity index (χ4n) is 2.53. The molecule has 0 unspecified atom stereocenters. The van der Waals surface area contributed by atoms with Gasteiger partial charge in [0.05, 0.1) is 11.6 Å². The fourth-order valence-corrected chi connectivity index (χ4v) is 2.53. The van der Waals surface area contributed by atoms with Gasteiger partial charge in [0.2, 0.25) is 5.91 Å². The molecular formula is C14H15F6N3O. The minimum absolute atomic E-state index is 0.0255. The zero-order valence-electron chi connectivity index (χ0n) is 12.6. The molecule has 1 aliphatic rings. The number of rotatable bonds is 3. The number of nitrogens with one attached hydrogen (secondary N) is 2. The lowest BCUT2D eigenvalue weighted by atomic mass is 10.0. The van der Waals surface area contributed by atoms with Gasteiger partial charge in [0.25, 0.3) is 0 Å². The highest BCUT2D eigenvalue weighted by Crippen LogP contribution is 2.37. The first-order valence-corrected chi connectivity index (χ1v) is 7.16. The minimum atomic E-state index is -4.99. The number of carbonyl (C=O) groups excluding carboxylic acids is 1. The average molecular weight is 355 g/mol. The first-order valence-electron chi connectivity index (χ1n) is 7.16. The van der Waals surface area contributed by atoms with Crippen molar-refractivity contribution in [3.63, 3.8) is 0 Å². The highest BCUT2D eigenvalue weighted by molar-refractivity contribution is 5.82. The zero-order chi connectivity index (χ0) is 18.1. The largest absolute Gasteiger partial charge is 0.433 e. The Morgan fingerprint density at radius 3 is 2.46 bits per heavy atom. The van der Waals surface area contributed by atoms with Crippen LogP contribution >= 0.6 is 0 Å². The molecule has 2 N–H and O–H groups in total. The summed E-state index contributed by atoms with van der Waals surface area (Å²) in [5.74, 6) is -0.486. The molecule has 1 saturated heterocycles. The summed E-state index contributed by atoms with van der Waals surface area (Å²) in [6.45, 7) is 1.15. The highest BCUT2D eigenvalue weighted by atomic mass is 19.4. The molecule has 0 aliphatic carbocycles. The standard InChI is InChI=1S/C14H15F6N3O/c1-7-8(6-22-12(24)10-3-2-4-21-10)9(13(15,16)17)5-11(23-7)14(18,19)20/h5,10,21H,2-4,6H2,1H3,(H,22,24)/t10-/m0/s1. The Hall–Kier alpha value is -1.84. The van der Waals surface area contributed by atoms with Crippen LogP contribution in [0.15, 0.2) is 6.07 Å². The van der Waals surface area contributed by atoms with Crippen molar-refractivity contribution in [2.45, 2.75) is 44.7 Å². The second-order valence-corrected chi connectivity index (χ2v) is 5.48. The van der Waals surface area contributed by atoms with Gasteiger partial charge in [-0.15, -0.1) is 0 Å².